The van der Waals surface area contributed by atoms with Gasteiger partial charge in [0.1, 0.15) is 12.7 Å². The first kappa shape index (κ1) is 21.1. The van der Waals surface area contributed by atoms with Gasteiger partial charge in [-0.2, -0.15) is 4.52 Å². The average Bonchev–Trinajstić information content (AvgIpc) is 3.18. The van der Waals surface area contributed by atoms with E-state index in [2.05, 4.69) is 56.1 Å². The quantitative estimate of drug-likeness (QED) is 0.346. The van der Waals surface area contributed by atoms with E-state index in [0.717, 1.165) is 0 Å². The highest BCUT2D eigenvalue weighted by molar-refractivity contribution is 5.62. The lowest BCUT2D eigenvalue weighted by molar-refractivity contribution is 0.310. The van der Waals surface area contributed by atoms with E-state index in [1.165, 1.54) is 21.8 Å². The van der Waals surface area contributed by atoms with E-state index >= 15 is 0 Å². The van der Waals surface area contributed by atoms with Crippen LogP contribution >= 0.6 is 0 Å². The molecule has 11 N–H and O–H groups in total. The molecule has 18 nitrogen and oxygen atoms in total. The van der Waals surface area contributed by atoms with Crippen LogP contribution in [0, 0.1) is 0 Å². The molecule has 18 heteroatoms. The molecule has 4 aromatic rings. The van der Waals surface area contributed by atoms with Crippen LogP contribution in [-0.2, 0) is 0 Å². The molecule has 0 amide bonds. The van der Waals surface area contributed by atoms with Crippen LogP contribution in [0.25, 0.3) is 17.3 Å². The van der Waals surface area contributed by atoms with Crippen molar-refractivity contribution < 1.29 is 26.5 Å². The monoisotopic (exact) mass is 359 g/mol. The standard InChI is InChI=1S/C7H5N13O.4H2O/c8-4-3(17-21-18-4)5-11-9-1-19(5)15-6-12-14-7-13-10-2-20(7)16-6;;;;/h1-2H,(H2,8,18)(H,15,16);4*1H2. The van der Waals surface area contributed by atoms with Gasteiger partial charge in [-0.15, -0.1) is 35.7 Å². The number of nitrogens with one attached hydrogen (secondary N) is 1. The fraction of sp³-hybridized carbons (Fsp3) is 0. The van der Waals surface area contributed by atoms with Crippen molar-refractivity contribution in [3.63, 3.8) is 0 Å². The summed E-state index contributed by atoms with van der Waals surface area (Å²) in [5, 5.41) is 33.8. The van der Waals surface area contributed by atoms with Gasteiger partial charge in [-0.3, -0.25) is 5.43 Å². The molecule has 0 atom stereocenters. The Morgan fingerprint density at radius 3 is 2.40 bits per heavy atom. The normalized spacial score (nSPS) is 9.28. The summed E-state index contributed by atoms with van der Waals surface area (Å²) in [5.74, 6) is 0.799. The van der Waals surface area contributed by atoms with Crippen molar-refractivity contribution in [2.45, 2.75) is 0 Å². The zero-order valence-corrected chi connectivity index (χ0v) is 12.1. The Hall–Kier alpha value is -3.87. The Bertz CT molecular complexity index is 916. The summed E-state index contributed by atoms with van der Waals surface area (Å²) in [6.07, 6.45) is 2.77. The second kappa shape index (κ2) is 8.11. The Kier molecular flexibility index (Phi) is 6.86. The molecule has 0 aromatic carbocycles. The lowest BCUT2D eigenvalue weighted by atomic mass is 10.4. The smallest absolute Gasteiger partial charge is 0.290 e. The molecular formula is C7H13N13O5. The summed E-state index contributed by atoms with van der Waals surface area (Å²) in [6.45, 7) is 0. The van der Waals surface area contributed by atoms with Crippen LogP contribution in [0.3, 0.4) is 0 Å². The van der Waals surface area contributed by atoms with E-state index < -0.39 is 0 Å². The number of nitrogen functional groups attached to an aromatic ring is 1. The van der Waals surface area contributed by atoms with Gasteiger partial charge in [-0.1, -0.05) is 0 Å². The predicted molar refractivity (Wildman–Crippen MR) is 77.6 cm³/mol. The predicted octanol–water partition coefficient (Wildman–Crippen LogP) is -5.29. The van der Waals surface area contributed by atoms with Crippen molar-refractivity contribution in [3.8, 4) is 11.5 Å². The lowest BCUT2D eigenvalue weighted by Crippen LogP contribution is -2.15. The van der Waals surface area contributed by atoms with Gasteiger partial charge in [0.15, 0.2) is 11.5 Å². The fourth-order valence-corrected chi connectivity index (χ4v) is 1.56. The zero-order valence-electron chi connectivity index (χ0n) is 12.1. The molecule has 0 saturated heterocycles. The van der Waals surface area contributed by atoms with E-state index in [-0.39, 0.29) is 51.0 Å². The molecule has 0 aliphatic heterocycles. The zero-order chi connectivity index (χ0) is 14.2. The third-order valence-corrected chi connectivity index (χ3v) is 2.44. The highest BCUT2D eigenvalue weighted by Crippen LogP contribution is 2.18. The molecule has 136 valence electrons. The van der Waals surface area contributed by atoms with Crippen LogP contribution in [0.1, 0.15) is 0 Å². The third-order valence-electron chi connectivity index (χ3n) is 2.44. The molecule has 25 heavy (non-hydrogen) atoms. The minimum atomic E-state index is 0. The van der Waals surface area contributed by atoms with Crippen molar-refractivity contribution in [2.75, 3.05) is 11.2 Å². The molecular weight excluding hydrogens is 346 g/mol. The van der Waals surface area contributed by atoms with Gasteiger partial charge in [-0.05, 0) is 10.3 Å². The number of nitrogens with zero attached hydrogens (tertiary/aromatic N) is 11. The van der Waals surface area contributed by atoms with E-state index in [0.29, 0.717) is 0 Å². The van der Waals surface area contributed by atoms with Crippen LogP contribution in [0.15, 0.2) is 17.3 Å². The summed E-state index contributed by atoms with van der Waals surface area (Å²) in [4.78, 5) is 0. The molecule has 0 fully saturated rings. The van der Waals surface area contributed by atoms with E-state index in [1.54, 1.807) is 0 Å². The van der Waals surface area contributed by atoms with Gasteiger partial charge in [0, 0.05) is 0 Å². The van der Waals surface area contributed by atoms with E-state index in [1.807, 2.05) is 0 Å². The van der Waals surface area contributed by atoms with Crippen molar-refractivity contribution >= 4 is 17.5 Å². The molecule has 4 heterocycles. The number of rotatable bonds is 3. The summed E-state index contributed by atoms with van der Waals surface area (Å²) in [7, 11) is 0. The second-order valence-electron chi connectivity index (χ2n) is 3.73. The number of nitrogens with two attached hydrogens (primary N) is 1. The molecule has 0 aliphatic rings. The first-order valence-corrected chi connectivity index (χ1v) is 5.47. The van der Waals surface area contributed by atoms with Crippen LogP contribution in [-0.4, -0.2) is 77.1 Å². The van der Waals surface area contributed by atoms with Crippen molar-refractivity contribution in [2.24, 2.45) is 0 Å². The average molecular weight is 359 g/mol. The van der Waals surface area contributed by atoms with Crippen molar-refractivity contribution in [3.05, 3.63) is 12.7 Å². The Morgan fingerprint density at radius 1 is 0.920 bits per heavy atom. The Balaban J connectivity index is 0.00000144. The maximum Gasteiger partial charge on any atom is 0.290 e. The van der Waals surface area contributed by atoms with Gasteiger partial charge >= 0.3 is 0 Å². The largest absolute Gasteiger partial charge is 0.412 e. The van der Waals surface area contributed by atoms with Crippen molar-refractivity contribution in [1.82, 2.24) is 55.2 Å². The number of aromatic nitrogens is 11. The first-order chi connectivity index (χ1) is 10.3. The lowest BCUT2D eigenvalue weighted by Gasteiger charge is -2.05. The number of hydrogen-bond donors (Lipinski definition) is 2. The van der Waals surface area contributed by atoms with E-state index in [9.17, 15) is 0 Å². The van der Waals surface area contributed by atoms with E-state index in [4.69, 9.17) is 5.73 Å². The van der Waals surface area contributed by atoms with Gasteiger partial charge < -0.3 is 27.6 Å². The SMILES string of the molecule is Nc1nonc1-c1nncn1Nc1nnc2nncn2n1.O.O.O.O. The van der Waals surface area contributed by atoms with Crippen LogP contribution in [0.4, 0.5) is 11.8 Å². The highest BCUT2D eigenvalue weighted by Gasteiger charge is 2.17. The summed E-state index contributed by atoms with van der Waals surface area (Å²) >= 11 is 0. The topological polar surface area (TPSA) is 303 Å². The number of fused-ring (bicyclic) bond motifs is 1. The van der Waals surface area contributed by atoms with Crippen LogP contribution in [0.2, 0.25) is 0 Å². The van der Waals surface area contributed by atoms with Crippen molar-refractivity contribution in [1.29, 1.82) is 0 Å². The van der Waals surface area contributed by atoms with Gasteiger partial charge in [-0.25, -0.2) is 9.31 Å². The van der Waals surface area contributed by atoms with Gasteiger partial charge in [0.2, 0.25) is 5.82 Å². The maximum absolute atomic E-state index is 5.61. The second-order valence-corrected chi connectivity index (χ2v) is 3.73. The summed E-state index contributed by atoms with van der Waals surface area (Å²) < 4.78 is 7.27. The van der Waals surface area contributed by atoms with Crippen LogP contribution in [0.5, 0.6) is 0 Å². The molecule has 0 spiro atoms. The fourth-order valence-electron chi connectivity index (χ4n) is 1.56. The Labute approximate surface area is 135 Å². The molecule has 0 unspecified atom stereocenters. The van der Waals surface area contributed by atoms with Gasteiger partial charge in [0.05, 0.1) is 0 Å². The molecule has 0 radical (unpaired) electrons. The molecule has 4 rings (SSSR count). The molecule has 0 saturated carbocycles. The minimum Gasteiger partial charge on any atom is -0.412 e. The number of anilines is 2. The highest BCUT2D eigenvalue weighted by atomic mass is 16.6. The third kappa shape index (κ3) is 3.56. The summed E-state index contributed by atoms with van der Waals surface area (Å²) in [5.41, 5.74) is 8.66. The molecule has 4 aromatic heterocycles. The Morgan fingerprint density at radius 2 is 1.68 bits per heavy atom. The first-order valence-electron chi connectivity index (χ1n) is 5.47. The van der Waals surface area contributed by atoms with Gasteiger partial charge in [0.25, 0.3) is 11.7 Å². The summed E-state index contributed by atoms with van der Waals surface area (Å²) in [6, 6.07) is 0. The molecule has 0 aliphatic carbocycles. The number of hydrogen-bond acceptors (Lipinski definition) is 12. The maximum atomic E-state index is 5.61. The molecule has 0 bridgehead atoms. The minimum absolute atomic E-state index is 0. The van der Waals surface area contributed by atoms with Crippen LogP contribution < -0.4 is 11.2 Å².